The van der Waals surface area contributed by atoms with Gasteiger partial charge in [-0.3, -0.25) is 14.2 Å². The molecule has 3 aromatic heterocycles. The van der Waals surface area contributed by atoms with E-state index < -0.39 is 12.0 Å². The molecule has 0 saturated heterocycles. The van der Waals surface area contributed by atoms with E-state index in [9.17, 15) is 14.4 Å². The summed E-state index contributed by atoms with van der Waals surface area (Å²) in [7, 11) is 1.33. The molecule has 41 heavy (non-hydrogen) atoms. The van der Waals surface area contributed by atoms with Crippen molar-refractivity contribution in [3.05, 3.63) is 131 Å². The molecule has 0 radical (unpaired) electrons. The van der Waals surface area contributed by atoms with Gasteiger partial charge in [0.1, 0.15) is 17.6 Å². The van der Waals surface area contributed by atoms with Crippen molar-refractivity contribution < 1.29 is 18.7 Å². The molecule has 1 aliphatic rings. The average molecular weight is 582 g/mol. The van der Waals surface area contributed by atoms with Crippen LogP contribution in [-0.2, 0) is 9.53 Å². The van der Waals surface area contributed by atoms with Crippen LogP contribution in [0.2, 0.25) is 0 Å². The maximum Gasteiger partial charge on any atom is 0.338 e. The summed E-state index contributed by atoms with van der Waals surface area (Å²) < 4.78 is 12.9. The molecule has 1 atom stereocenters. The Labute approximate surface area is 242 Å². The number of furan rings is 1. The van der Waals surface area contributed by atoms with Crippen LogP contribution < -0.4 is 20.2 Å². The first-order valence-corrected chi connectivity index (χ1v) is 14.3. The van der Waals surface area contributed by atoms with Crippen molar-refractivity contribution >= 4 is 46.3 Å². The molecule has 0 aliphatic carbocycles. The number of para-hydroxylation sites is 1. The Hall–Kier alpha value is -4.80. The number of carbonyl (C=O) groups is 2. The Morgan fingerprint density at radius 2 is 1.80 bits per heavy atom. The highest BCUT2D eigenvalue weighted by Gasteiger charge is 2.33. The quantitative estimate of drug-likeness (QED) is 0.285. The van der Waals surface area contributed by atoms with Gasteiger partial charge in [0.15, 0.2) is 4.80 Å². The summed E-state index contributed by atoms with van der Waals surface area (Å²) in [6, 6.07) is 22.8. The fraction of sp³-hybridized carbons (Fsp3) is 0.0968. The highest BCUT2D eigenvalue weighted by molar-refractivity contribution is 7.10. The van der Waals surface area contributed by atoms with Gasteiger partial charge in [-0.1, -0.05) is 53.8 Å². The molecule has 204 valence electrons. The maximum atomic E-state index is 13.8. The van der Waals surface area contributed by atoms with E-state index in [0.717, 1.165) is 4.88 Å². The molecule has 0 saturated carbocycles. The third-order valence-corrected chi connectivity index (χ3v) is 8.52. The van der Waals surface area contributed by atoms with E-state index >= 15 is 0 Å². The second kappa shape index (κ2) is 11.0. The van der Waals surface area contributed by atoms with E-state index in [4.69, 9.17) is 9.15 Å². The van der Waals surface area contributed by atoms with Crippen LogP contribution in [0.15, 0.2) is 110 Å². The fourth-order valence-electron chi connectivity index (χ4n) is 4.74. The number of carbonyl (C=O) groups excluding carboxylic acids is 2. The minimum absolute atomic E-state index is 0.280. The summed E-state index contributed by atoms with van der Waals surface area (Å²) in [5.41, 5.74) is 2.30. The number of esters is 1. The van der Waals surface area contributed by atoms with E-state index in [1.165, 1.54) is 29.8 Å². The molecule has 1 unspecified atom stereocenters. The van der Waals surface area contributed by atoms with Crippen LogP contribution in [0.4, 0.5) is 5.69 Å². The first kappa shape index (κ1) is 26.4. The number of hydrogen-bond donors (Lipinski definition) is 1. The Balaban J connectivity index is 1.42. The van der Waals surface area contributed by atoms with E-state index in [2.05, 4.69) is 10.3 Å². The van der Waals surface area contributed by atoms with Gasteiger partial charge in [0.25, 0.3) is 11.5 Å². The minimum atomic E-state index is -0.629. The number of benzene rings is 2. The van der Waals surface area contributed by atoms with Gasteiger partial charge >= 0.3 is 5.97 Å². The number of hydrogen-bond acceptors (Lipinski definition) is 8. The highest BCUT2D eigenvalue weighted by Crippen LogP contribution is 2.33. The summed E-state index contributed by atoms with van der Waals surface area (Å²) in [6.45, 7) is 1.79. The van der Waals surface area contributed by atoms with Crippen molar-refractivity contribution in [2.24, 2.45) is 4.99 Å². The van der Waals surface area contributed by atoms with Gasteiger partial charge in [-0.25, -0.2) is 9.79 Å². The Kier molecular flexibility index (Phi) is 7.08. The van der Waals surface area contributed by atoms with Crippen LogP contribution in [0.25, 0.3) is 17.4 Å². The summed E-state index contributed by atoms with van der Waals surface area (Å²) >= 11 is 2.70. The molecule has 5 aromatic rings. The van der Waals surface area contributed by atoms with Gasteiger partial charge in [-0.2, -0.15) is 0 Å². The number of rotatable bonds is 6. The van der Waals surface area contributed by atoms with Crippen LogP contribution in [0.1, 0.15) is 34.0 Å². The summed E-state index contributed by atoms with van der Waals surface area (Å²) in [5, 5.41) is 4.87. The van der Waals surface area contributed by atoms with Crippen molar-refractivity contribution in [2.75, 3.05) is 12.4 Å². The molecule has 2 aromatic carbocycles. The Morgan fingerprint density at radius 1 is 1.02 bits per heavy atom. The first-order chi connectivity index (χ1) is 19.9. The highest BCUT2D eigenvalue weighted by atomic mass is 32.1. The summed E-state index contributed by atoms with van der Waals surface area (Å²) in [6.07, 6.45) is 1.66. The topological polar surface area (TPSA) is 103 Å². The lowest BCUT2D eigenvalue weighted by Crippen LogP contribution is -2.40. The molecule has 0 fully saturated rings. The second-order valence-corrected chi connectivity index (χ2v) is 11.1. The fourth-order valence-corrected chi connectivity index (χ4v) is 6.59. The standard InChI is InChI=1S/C31H23N3O5S2/c1-18-26(28(35)33-19-9-4-3-5-10-19)27(24-13-8-16-40-24)34-29(36)25(41-31(34)32-18)17-20-14-15-23(39-20)21-11-6-7-12-22(21)30(37)38-2/h3-17,27H,1-2H3,(H,33,35)/b25-17+. The first-order valence-electron chi connectivity index (χ1n) is 12.6. The molecule has 1 amide bonds. The number of ether oxygens (including phenoxy) is 1. The minimum Gasteiger partial charge on any atom is -0.465 e. The monoisotopic (exact) mass is 581 g/mol. The number of nitrogens with zero attached hydrogens (tertiary/aromatic N) is 2. The average Bonchev–Trinajstić information content (AvgIpc) is 3.74. The molecule has 6 rings (SSSR count). The van der Waals surface area contributed by atoms with Crippen molar-refractivity contribution in [2.45, 2.75) is 13.0 Å². The zero-order valence-corrected chi connectivity index (χ0v) is 23.6. The van der Waals surface area contributed by atoms with Gasteiger partial charge < -0.3 is 14.5 Å². The molecule has 4 heterocycles. The van der Waals surface area contributed by atoms with Crippen molar-refractivity contribution in [1.82, 2.24) is 4.57 Å². The third-order valence-electron chi connectivity index (χ3n) is 6.61. The zero-order valence-electron chi connectivity index (χ0n) is 22.0. The normalized spacial score (nSPS) is 14.9. The predicted octanol–water partition coefficient (Wildman–Crippen LogP) is 4.98. The van der Waals surface area contributed by atoms with Crippen LogP contribution >= 0.6 is 22.7 Å². The largest absolute Gasteiger partial charge is 0.465 e. The van der Waals surface area contributed by atoms with E-state index in [-0.39, 0.29) is 11.5 Å². The van der Waals surface area contributed by atoms with Gasteiger partial charge in [0, 0.05) is 22.2 Å². The smallest absolute Gasteiger partial charge is 0.338 e. The summed E-state index contributed by atoms with van der Waals surface area (Å²) in [4.78, 5) is 45.6. The Bertz CT molecular complexity index is 1980. The number of aromatic nitrogens is 1. The molecule has 1 N–H and O–H groups in total. The molecule has 0 spiro atoms. The molecular weight excluding hydrogens is 558 g/mol. The second-order valence-electron chi connectivity index (χ2n) is 9.16. The van der Waals surface area contributed by atoms with Crippen LogP contribution in [0.3, 0.4) is 0 Å². The number of fused-ring (bicyclic) bond motifs is 1. The van der Waals surface area contributed by atoms with E-state index in [0.29, 0.717) is 48.9 Å². The number of thiazole rings is 1. The number of methoxy groups -OCH3 is 1. The number of nitrogens with one attached hydrogen (secondary N) is 1. The van der Waals surface area contributed by atoms with Crippen LogP contribution in [0.5, 0.6) is 0 Å². The number of allylic oxidation sites excluding steroid dienone is 1. The maximum absolute atomic E-state index is 13.8. The lowest BCUT2D eigenvalue weighted by atomic mass is 10.0. The lowest BCUT2D eigenvalue weighted by Gasteiger charge is -2.24. The van der Waals surface area contributed by atoms with Gasteiger partial charge in [0.05, 0.1) is 28.5 Å². The number of amides is 1. The van der Waals surface area contributed by atoms with Crippen LogP contribution in [-0.4, -0.2) is 23.6 Å². The van der Waals surface area contributed by atoms with Crippen molar-refractivity contribution in [1.29, 1.82) is 0 Å². The molecule has 10 heteroatoms. The molecule has 1 aliphatic heterocycles. The van der Waals surface area contributed by atoms with E-state index in [1.54, 1.807) is 54.0 Å². The van der Waals surface area contributed by atoms with Crippen molar-refractivity contribution in [3.8, 4) is 11.3 Å². The van der Waals surface area contributed by atoms with Gasteiger partial charge in [-0.05, 0) is 48.7 Å². The lowest BCUT2D eigenvalue weighted by molar-refractivity contribution is -0.113. The molecular formula is C31H23N3O5S2. The van der Waals surface area contributed by atoms with Crippen molar-refractivity contribution in [3.63, 3.8) is 0 Å². The zero-order chi connectivity index (χ0) is 28.5. The van der Waals surface area contributed by atoms with Gasteiger partial charge in [0.2, 0.25) is 0 Å². The molecule has 8 nitrogen and oxygen atoms in total. The Morgan fingerprint density at radius 3 is 2.56 bits per heavy atom. The molecule has 0 bridgehead atoms. The third kappa shape index (κ3) is 4.99. The van der Waals surface area contributed by atoms with Crippen LogP contribution in [0, 0.1) is 0 Å². The number of thiophene rings is 1. The summed E-state index contributed by atoms with van der Waals surface area (Å²) in [5.74, 6) is 0.126. The van der Waals surface area contributed by atoms with E-state index in [1.807, 2.05) is 47.8 Å². The predicted molar refractivity (Wildman–Crippen MR) is 159 cm³/mol. The number of anilines is 1. The van der Waals surface area contributed by atoms with Gasteiger partial charge in [-0.15, -0.1) is 11.3 Å². The SMILES string of the molecule is COC(=O)c1ccccc1-c1ccc(/C=c2/sc3n(c2=O)C(c2cccs2)C(C(=O)Nc2ccccc2)=C(C)N=3)o1.